The van der Waals surface area contributed by atoms with Gasteiger partial charge in [0, 0.05) is 43.6 Å². The summed E-state index contributed by atoms with van der Waals surface area (Å²) in [6.07, 6.45) is 13.4. The summed E-state index contributed by atoms with van der Waals surface area (Å²) in [6.45, 7) is 5.77. The number of carbonyl (C=O) groups is 1. The van der Waals surface area contributed by atoms with Crippen LogP contribution in [-0.2, 0) is 17.6 Å². The van der Waals surface area contributed by atoms with Gasteiger partial charge in [0.1, 0.15) is 5.82 Å². The van der Waals surface area contributed by atoms with E-state index in [9.17, 15) is 4.79 Å². The number of hydrogen-bond donors (Lipinski definition) is 1. The highest BCUT2D eigenvalue weighted by Gasteiger charge is 2.21. The van der Waals surface area contributed by atoms with E-state index in [1.165, 1.54) is 0 Å². The quantitative estimate of drug-likeness (QED) is 0.642. The molecule has 1 aliphatic carbocycles. The molecule has 0 radical (unpaired) electrons. The van der Waals surface area contributed by atoms with E-state index in [4.69, 9.17) is 9.72 Å². The molecule has 3 aromatic heterocycles. The highest BCUT2D eigenvalue weighted by atomic mass is 16.5. The van der Waals surface area contributed by atoms with Crippen molar-refractivity contribution >= 4 is 17.0 Å². The van der Waals surface area contributed by atoms with Crippen LogP contribution in [0.4, 0.5) is 0 Å². The van der Waals surface area contributed by atoms with Gasteiger partial charge in [-0.2, -0.15) is 5.10 Å². The van der Waals surface area contributed by atoms with E-state index < -0.39 is 0 Å². The summed E-state index contributed by atoms with van der Waals surface area (Å²) in [4.78, 5) is 22.6. The van der Waals surface area contributed by atoms with Gasteiger partial charge in [-0.25, -0.2) is 14.5 Å². The minimum atomic E-state index is -0.0778. The lowest BCUT2D eigenvalue weighted by atomic mass is 9.97. The van der Waals surface area contributed by atoms with Crippen molar-refractivity contribution in [3.63, 3.8) is 0 Å². The fourth-order valence-electron chi connectivity index (χ4n) is 4.66. The number of fused-ring (bicyclic) bond motifs is 2. The van der Waals surface area contributed by atoms with Crippen LogP contribution in [0.25, 0.3) is 11.1 Å². The zero-order valence-electron chi connectivity index (χ0n) is 19.4. The van der Waals surface area contributed by atoms with Gasteiger partial charge in [0.2, 0.25) is 0 Å². The van der Waals surface area contributed by atoms with Crippen LogP contribution in [0.5, 0.6) is 0 Å². The predicted molar refractivity (Wildman–Crippen MR) is 127 cm³/mol. The maximum atomic E-state index is 13.0. The van der Waals surface area contributed by atoms with E-state index in [-0.39, 0.29) is 11.9 Å². The number of aryl methyl sites for hydroxylation is 1. The number of allylic oxidation sites excluding steroid dienone is 1. The van der Waals surface area contributed by atoms with Gasteiger partial charge < -0.3 is 10.1 Å². The molecule has 0 bridgehead atoms. The molecule has 1 fully saturated rings. The molecule has 7 nitrogen and oxygen atoms in total. The molecule has 1 N–H and O–H groups in total. The number of aromatic nitrogens is 4. The van der Waals surface area contributed by atoms with Crippen LogP contribution >= 0.6 is 0 Å². The fourth-order valence-corrected chi connectivity index (χ4v) is 4.66. The first-order valence-electron chi connectivity index (χ1n) is 12.0. The molecule has 172 valence electrons. The third kappa shape index (κ3) is 4.69. The predicted octanol–water partition coefficient (Wildman–Crippen LogP) is 4.00. The molecule has 1 amide bonds. The Morgan fingerprint density at radius 3 is 2.94 bits per heavy atom. The van der Waals surface area contributed by atoms with Crippen molar-refractivity contribution in [2.75, 3.05) is 13.2 Å². The van der Waals surface area contributed by atoms with Gasteiger partial charge in [0.25, 0.3) is 5.91 Å². The standard InChI is InChI=1S/C26H31N5O2/c1-17(2)13-25-27-15-21-20(5-3-4-6-23(21)30-25)18-7-10-31-24(14-18)22(16-28-31)26(32)29-19-8-11-33-12-9-19/h5,7,10,14-17,19H,3-4,6,8-9,11-13H2,1-2H3,(H,29,32). The third-order valence-corrected chi connectivity index (χ3v) is 6.40. The lowest BCUT2D eigenvalue weighted by Crippen LogP contribution is -2.38. The lowest BCUT2D eigenvalue weighted by Gasteiger charge is -2.22. The average Bonchev–Trinajstić information content (AvgIpc) is 3.12. The van der Waals surface area contributed by atoms with E-state index in [1.54, 1.807) is 10.7 Å². The first kappa shape index (κ1) is 21.8. The minimum Gasteiger partial charge on any atom is -0.381 e. The van der Waals surface area contributed by atoms with E-state index in [0.29, 0.717) is 24.7 Å². The summed E-state index contributed by atoms with van der Waals surface area (Å²) in [7, 11) is 0. The molecule has 1 saturated heterocycles. The molecule has 2 aliphatic rings. The van der Waals surface area contributed by atoms with Gasteiger partial charge in [0.15, 0.2) is 0 Å². The first-order valence-corrected chi connectivity index (χ1v) is 12.0. The van der Waals surface area contributed by atoms with Crippen molar-refractivity contribution in [2.24, 2.45) is 5.92 Å². The maximum absolute atomic E-state index is 13.0. The largest absolute Gasteiger partial charge is 0.381 e. The van der Waals surface area contributed by atoms with Gasteiger partial charge in [-0.1, -0.05) is 19.9 Å². The van der Waals surface area contributed by atoms with Crippen molar-refractivity contribution in [1.82, 2.24) is 24.9 Å². The molecular formula is C26H31N5O2. The molecule has 7 heteroatoms. The minimum absolute atomic E-state index is 0.0778. The van der Waals surface area contributed by atoms with E-state index in [2.05, 4.69) is 47.5 Å². The fraction of sp³-hybridized carbons (Fsp3) is 0.462. The van der Waals surface area contributed by atoms with Crippen LogP contribution in [0.3, 0.4) is 0 Å². The SMILES string of the molecule is CC(C)Cc1ncc2c(n1)CCCC=C2c1ccn2ncc(C(=O)NC3CCOCC3)c2c1. The molecule has 4 heterocycles. The van der Waals surface area contributed by atoms with Gasteiger partial charge in [-0.05, 0) is 61.3 Å². The molecule has 33 heavy (non-hydrogen) atoms. The monoisotopic (exact) mass is 445 g/mol. The lowest BCUT2D eigenvalue weighted by molar-refractivity contribution is 0.0697. The Kier molecular flexibility index (Phi) is 6.22. The van der Waals surface area contributed by atoms with Crippen molar-refractivity contribution in [3.8, 4) is 0 Å². The Morgan fingerprint density at radius 2 is 2.12 bits per heavy atom. The summed E-state index contributed by atoms with van der Waals surface area (Å²) in [5, 5.41) is 7.56. The summed E-state index contributed by atoms with van der Waals surface area (Å²) >= 11 is 0. The van der Waals surface area contributed by atoms with Crippen LogP contribution in [0.15, 0.2) is 36.8 Å². The van der Waals surface area contributed by atoms with Crippen LogP contribution in [0.1, 0.15) is 72.5 Å². The highest BCUT2D eigenvalue weighted by molar-refractivity contribution is 6.01. The van der Waals surface area contributed by atoms with Crippen LogP contribution < -0.4 is 5.32 Å². The highest BCUT2D eigenvalue weighted by Crippen LogP contribution is 2.31. The number of nitrogens with one attached hydrogen (secondary N) is 1. The smallest absolute Gasteiger partial charge is 0.255 e. The van der Waals surface area contributed by atoms with Crippen LogP contribution in [0, 0.1) is 5.92 Å². The number of carbonyl (C=O) groups excluding carboxylic acids is 1. The molecule has 0 spiro atoms. The number of pyridine rings is 1. The Hall–Kier alpha value is -3.06. The van der Waals surface area contributed by atoms with Gasteiger partial charge in [-0.15, -0.1) is 0 Å². The Balaban J connectivity index is 1.47. The summed E-state index contributed by atoms with van der Waals surface area (Å²) < 4.78 is 7.17. The van der Waals surface area contributed by atoms with Crippen LogP contribution in [0.2, 0.25) is 0 Å². The molecule has 3 aromatic rings. The van der Waals surface area contributed by atoms with Gasteiger partial charge in [0.05, 0.1) is 23.0 Å². The van der Waals surface area contributed by atoms with Crippen molar-refractivity contribution < 1.29 is 9.53 Å². The zero-order valence-corrected chi connectivity index (χ0v) is 19.4. The van der Waals surface area contributed by atoms with Crippen molar-refractivity contribution in [2.45, 2.75) is 58.4 Å². The number of amides is 1. The summed E-state index contributed by atoms with van der Waals surface area (Å²) in [6, 6.07) is 4.27. The number of rotatable bonds is 5. The summed E-state index contributed by atoms with van der Waals surface area (Å²) in [5.74, 6) is 1.37. The zero-order chi connectivity index (χ0) is 22.8. The molecule has 1 aliphatic heterocycles. The third-order valence-electron chi connectivity index (χ3n) is 6.40. The Labute approximate surface area is 194 Å². The summed E-state index contributed by atoms with van der Waals surface area (Å²) in [5.41, 5.74) is 5.82. The second kappa shape index (κ2) is 9.43. The van der Waals surface area contributed by atoms with E-state index in [1.807, 2.05) is 12.4 Å². The van der Waals surface area contributed by atoms with E-state index >= 15 is 0 Å². The number of nitrogens with zero attached hydrogens (tertiary/aromatic N) is 4. The molecule has 0 aromatic carbocycles. The molecular weight excluding hydrogens is 414 g/mol. The topological polar surface area (TPSA) is 81.4 Å². The number of ether oxygens (including phenoxy) is 1. The second-order valence-corrected chi connectivity index (χ2v) is 9.42. The number of hydrogen-bond acceptors (Lipinski definition) is 5. The van der Waals surface area contributed by atoms with Crippen molar-refractivity contribution in [1.29, 1.82) is 0 Å². The Bertz CT molecular complexity index is 1190. The molecule has 0 unspecified atom stereocenters. The molecule has 5 rings (SSSR count). The van der Waals surface area contributed by atoms with E-state index in [0.717, 1.165) is 72.3 Å². The molecule has 0 saturated carbocycles. The van der Waals surface area contributed by atoms with Crippen molar-refractivity contribution in [3.05, 3.63) is 65.0 Å². The van der Waals surface area contributed by atoms with Crippen LogP contribution in [-0.4, -0.2) is 44.7 Å². The second-order valence-electron chi connectivity index (χ2n) is 9.42. The maximum Gasteiger partial charge on any atom is 0.255 e. The first-order chi connectivity index (χ1) is 16.1. The average molecular weight is 446 g/mol. The van der Waals surface area contributed by atoms with Gasteiger partial charge in [-0.3, -0.25) is 4.79 Å². The molecule has 0 atom stereocenters. The Morgan fingerprint density at radius 1 is 1.27 bits per heavy atom. The normalized spacial score (nSPS) is 17.0. The van der Waals surface area contributed by atoms with Gasteiger partial charge >= 0.3 is 0 Å².